The first kappa shape index (κ1) is 25.5. The molecule has 0 atom stereocenters. The first-order valence-electron chi connectivity index (χ1n) is 11.4. The van der Waals surface area contributed by atoms with E-state index in [1.54, 1.807) is 41.1 Å². The number of hydrogen-bond donors (Lipinski definition) is 1. The smallest absolute Gasteiger partial charge is 0.335 e. The summed E-state index contributed by atoms with van der Waals surface area (Å²) in [5.41, 5.74) is 5.25. The van der Waals surface area contributed by atoms with Crippen molar-refractivity contribution in [3.05, 3.63) is 104 Å². The van der Waals surface area contributed by atoms with Crippen molar-refractivity contribution in [1.82, 2.24) is 15.0 Å². The number of rotatable bonds is 8. The number of ether oxygens (including phenoxy) is 1. The Labute approximate surface area is 219 Å². The van der Waals surface area contributed by atoms with E-state index in [0.717, 1.165) is 28.1 Å². The lowest BCUT2D eigenvalue weighted by atomic mass is 10.1. The van der Waals surface area contributed by atoms with Gasteiger partial charge in [0.15, 0.2) is 0 Å². The van der Waals surface area contributed by atoms with Gasteiger partial charge < -0.3 is 9.84 Å². The molecule has 1 heterocycles. The van der Waals surface area contributed by atoms with Crippen molar-refractivity contribution >= 4 is 41.3 Å². The average molecular weight is 522 g/mol. The van der Waals surface area contributed by atoms with E-state index in [4.69, 9.17) is 27.9 Å². The number of hydrogen-bond acceptors (Lipinski definition) is 4. The minimum Gasteiger partial charge on any atom is -0.487 e. The van der Waals surface area contributed by atoms with Crippen molar-refractivity contribution in [1.29, 1.82) is 0 Å². The number of carboxylic acids is 1. The van der Waals surface area contributed by atoms with E-state index in [1.807, 2.05) is 57.2 Å². The highest BCUT2D eigenvalue weighted by molar-refractivity contribution is 6.37. The molecule has 0 aliphatic heterocycles. The lowest BCUT2D eigenvalue weighted by Gasteiger charge is -2.14. The molecule has 0 aliphatic rings. The summed E-state index contributed by atoms with van der Waals surface area (Å²) in [7, 11) is 0. The van der Waals surface area contributed by atoms with E-state index in [1.165, 1.54) is 0 Å². The number of aryl methyl sites for hydroxylation is 1. The Hall–Kier alpha value is -3.61. The van der Waals surface area contributed by atoms with Crippen LogP contribution in [0, 0.1) is 6.92 Å². The van der Waals surface area contributed by atoms with Gasteiger partial charge in [-0.2, -0.15) is 0 Å². The average Bonchev–Trinajstić information content (AvgIpc) is 3.26. The van der Waals surface area contributed by atoms with Crippen molar-refractivity contribution in [2.75, 3.05) is 0 Å². The van der Waals surface area contributed by atoms with Crippen LogP contribution in [0.5, 0.6) is 5.75 Å². The summed E-state index contributed by atoms with van der Waals surface area (Å²) < 4.78 is 7.80. The molecule has 4 aromatic rings. The SMILES string of the molecule is Cc1cc(OCc2c(C(C)C)nnn2-c2c(Cl)cccc2Cl)ccc1C=Cc1cccc(C(=O)O)c1. The normalized spacial score (nSPS) is 11.4. The molecule has 0 aliphatic carbocycles. The van der Waals surface area contributed by atoms with Crippen molar-refractivity contribution in [3.8, 4) is 11.4 Å². The summed E-state index contributed by atoms with van der Waals surface area (Å²) in [6.45, 7) is 6.32. The topological polar surface area (TPSA) is 77.2 Å². The van der Waals surface area contributed by atoms with Gasteiger partial charge in [-0.25, -0.2) is 9.48 Å². The zero-order valence-corrected chi connectivity index (χ0v) is 21.6. The largest absolute Gasteiger partial charge is 0.487 e. The number of halogens is 2. The predicted octanol–water partition coefficient (Wildman–Crippen LogP) is 7.45. The fourth-order valence-electron chi connectivity index (χ4n) is 3.81. The summed E-state index contributed by atoms with van der Waals surface area (Å²) in [5, 5.41) is 18.8. The lowest BCUT2D eigenvalue weighted by Crippen LogP contribution is -2.09. The number of aromatic nitrogens is 3. The molecule has 4 rings (SSSR count). The summed E-state index contributed by atoms with van der Waals surface area (Å²) in [6.07, 6.45) is 3.84. The van der Waals surface area contributed by atoms with Gasteiger partial charge >= 0.3 is 5.97 Å². The van der Waals surface area contributed by atoms with Crippen molar-refractivity contribution in [2.24, 2.45) is 0 Å². The van der Waals surface area contributed by atoms with E-state index in [2.05, 4.69) is 10.3 Å². The molecule has 1 aromatic heterocycles. The molecule has 0 unspecified atom stereocenters. The van der Waals surface area contributed by atoms with Crippen LogP contribution in [0.25, 0.3) is 17.8 Å². The molecule has 0 bridgehead atoms. The molecule has 0 spiro atoms. The Balaban J connectivity index is 1.55. The standard InChI is InChI=1S/C28H25Cl2N3O3/c1-17(2)26-25(33(32-31-26)27-23(29)8-5-9-24(27)30)16-36-22-13-12-20(18(3)14-22)11-10-19-6-4-7-21(15-19)28(34)35/h4-15,17H,16H2,1-3H3,(H,34,35). The molecule has 0 saturated heterocycles. The number of para-hydroxylation sites is 1. The minimum atomic E-state index is -0.947. The Kier molecular flexibility index (Phi) is 7.77. The predicted molar refractivity (Wildman–Crippen MR) is 143 cm³/mol. The van der Waals surface area contributed by atoms with Crippen LogP contribution in [0.3, 0.4) is 0 Å². The number of carboxylic acid groups (broad SMARTS) is 1. The number of benzene rings is 3. The third-order valence-corrected chi connectivity index (χ3v) is 6.31. The Bertz CT molecular complexity index is 1420. The number of nitrogens with zero attached hydrogens (tertiary/aromatic N) is 3. The first-order valence-corrected chi connectivity index (χ1v) is 12.1. The van der Waals surface area contributed by atoms with Gasteiger partial charge in [-0.3, -0.25) is 0 Å². The Morgan fingerprint density at radius 3 is 2.44 bits per heavy atom. The van der Waals surface area contributed by atoms with Crippen molar-refractivity contribution in [2.45, 2.75) is 33.3 Å². The molecule has 6 nitrogen and oxygen atoms in total. The van der Waals surface area contributed by atoms with Gasteiger partial charge in [0.25, 0.3) is 0 Å². The monoisotopic (exact) mass is 521 g/mol. The van der Waals surface area contributed by atoms with Gasteiger partial charge in [-0.1, -0.05) is 78.7 Å². The van der Waals surface area contributed by atoms with Crippen LogP contribution in [0.15, 0.2) is 60.7 Å². The fourth-order valence-corrected chi connectivity index (χ4v) is 4.36. The second-order valence-electron chi connectivity index (χ2n) is 8.63. The molecule has 0 saturated carbocycles. The molecule has 0 radical (unpaired) electrons. The van der Waals surface area contributed by atoms with Gasteiger partial charge in [-0.05, 0) is 65.9 Å². The van der Waals surface area contributed by atoms with Crippen LogP contribution >= 0.6 is 23.2 Å². The van der Waals surface area contributed by atoms with Crippen LogP contribution in [0.4, 0.5) is 0 Å². The van der Waals surface area contributed by atoms with Gasteiger partial charge in [0.1, 0.15) is 23.7 Å². The Morgan fingerprint density at radius 2 is 1.78 bits per heavy atom. The minimum absolute atomic E-state index is 0.132. The Morgan fingerprint density at radius 1 is 1.06 bits per heavy atom. The molecule has 0 fully saturated rings. The molecular weight excluding hydrogens is 497 g/mol. The van der Waals surface area contributed by atoms with Crippen LogP contribution in [-0.4, -0.2) is 26.1 Å². The zero-order chi connectivity index (χ0) is 25.8. The highest BCUT2D eigenvalue weighted by atomic mass is 35.5. The van der Waals surface area contributed by atoms with Crippen molar-refractivity contribution in [3.63, 3.8) is 0 Å². The summed E-state index contributed by atoms with van der Waals surface area (Å²) in [5.74, 6) is -0.116. The summed E-state index contributed by atoms with van der Waals surface area (Å²) >= 11 is 12.9. The summed E-state index contributed by atoms with van der Waals surface area (Å²) in [4.78, 5) is 11.2. The molecule has 184 valence electrons. The quantitative estimate of drug-likeness (QED) is 0.243. The van der Waals surface area contributed by atoms with Crippen molar-refractivity contribution < 1.29 is 14.6 Å². The van der Waals surface area contributed by atoms with Crippen LogP contribution in [0.1, 0.15) is 58.2 Å². The highest BCUT2D eigenvalue weighted by Crippen LogP contribution is 2.31. The van der Waals surface area contributed by atoms with Crippen LogP contribution in [0.2, 0.25) is 10.0 Å². The maximum absolute atomic E-state index is 11.2. The molecule has 0 amide bonds. The van der Waals surface area contributed by atoms with Crippen LogP contribution < -0.4 is 4.74 Å². The molecule has 8 heteroatoms. The second kappa shape index (κ2) is 11.0. The molecule has 3 aromatic carbocycles. The fraction of sp³-hybridized carbons (Fsp3) is 0.179. The summed E-state index contributed by atoms with van der Waals surface area (Å²) in [6, 6.07) is 17.9. The van der Waals surface area contributed by atoms with E-state index < -0.39 is 5.97 Å². The van der Waals surface area contributed by atoms with Crippen LogP contribution in [-0.2, 0) is 6.61 Å². The maximum atomic E-state index is 11.2. The maximum Gasteiger partial charge on any atom is 0.335 e. The highest BCUT2D eigenvalue weighted by Gasteiger charge is 2.21. The number of aromatic carboxylic acids is 1. The molecular formula is C28H25Cl2N3O3. The third kappa shape index (κ3) is 5.61. The van der Waals surface area contributed by atoms with Gasteiger partial charge in [0.2, 0.25) is 0 Å². The third-order valence-electron chi connectivity index (χ3n) is 5.70. The van der Waals surface area contributed by atoms with Gasteiger partial charge in [0, 0.05) is 0 Å². The molecule has 36 heavy (non-hydrogen) atoms. The lowest BCUT2D eigenvalue weighted by molar-refractivity contribution is 0.0697. The second-order valence-corrected chi connectivity index (χ2v) is 9.44. The van der Waals surface area contributed by atoms with E-state index in [-0.39, 0.29) is 18.1 Å². The van der Waals surface area contributed by atoms with E-state index in [0.29, 0.717) is 21.5 Å². The van der Waals surface area contributed by atoms with Gasteiger partial charge in [0.05, 0.1) is 21.3 Å². The zero-order valence-electron chi connectivity index (χ0n) is 20.1. The number of carbonyl (C=O) groups is 1. The van der Waals surface area contributed by atoms with Gasteiger partial charge in [-0.15, -0.1) is 5.10 Å². The molecule has 1 N–H and O–H groups in total. The first-order chi connectivity index (χ1) is 17.2. The van der Waals surface area contributed by atoms with E-state index >= 15 is 0 Å². The van der Waals surface area contributed by atoms with E-state index in [9.17, 15) is 9.90 Å².